The van der Waals surface area contributed by atoms with Gasteiger partial charge in [-0.15, -0.1) is 12.4 Å². The molecule has 0 heterocycles. The normalized spacial score (nSPS) is 29.7. The first-order valence-corrected chi connectivity index (χ1v) is 3.13. The van der Waals surface area contributed by atoms with Crippen LogP contribution in [0.15, 0.2) is 0 Å². The molecule has 4 heteroatoms. The zero-order valence-corrected chi connectivity index (χ0v) is 6.47. The maximum atomic E-state index is 9.68. The Morgan fingerprint density at radius 1 is 1.60 bits per heavy atom. The first-order valence-electron chi connectivity index (χ1n) is 3.13. The summed E-state index contributed by atoms with van der Waals surface area (Å²) in [4.78, 5) is 9.68. The van der Waals surface area contributed by atoms with E-state index in [0.717, 1.165) is 12.8 Å². The molecule has 0 aliphatic heterocycles. The maximum Gasteiger partial charge on any atom is 0.293 e. The van der Waals surface area contributed by atoms with Crippen molar-refractivity contribution in [3.8, 4) is 0 Å². The van der Waals surface area contributed by atoms with Gasteiger partial charge in [-0.1, -0.05) is 0 Å². The summed E-state index contributed by atoms with van der Waals surface area (Å²) >= 11 is 0. The highest BCUT2D eigenvalue weighted by Crippen LogP contribution is 2.24. The number of rotatable bonds is 3. The Morgan fingerprint density at radius 2 is 2.20 bits per heavy atom. The zero-order chi connectivity index (χ0) is 6.69. The molecule has 0 saturated heterocycles. The monoisotopic (exact) mass is 165 g/mol. The molecule has 1 rings (SSSR count). The number of nitrogens with two attached hydrogens (primary N) is 1. The van der Waals surface area contributed by atoms with Crippen molar-refractivity contribution >= 4 is 18.9 Å². The van der Waals surface area contributed by atoms with E-state index in [4.69, 9.17) is 5.73 Å². The van der Waals surface area contributed by atoms with Gasteiger partial charge in [-0.2, -0.15) is 0 Å². The molecule has 2 N–H and O–H groups in total. The highest BCUT2D eigenvalue weighted by atomic mass is 35.5. The lowest BCUT2D eigenvalue weighted by molar-refractivity contribution is -0.130. The first-order chi connectivity index (χ1) is 4.33. The third-order valence-corrected chi connectivity index (χ3v) is 1.67. The van der Waals surface area contributed by atoms with Crippen LogP contribution in [-0.2, 0) is 9.53 Å². The highest BCUT2D eigenvalue weighted by Gasteiger charge is 2.25. The number of carbonyl (C=O) groups excluding carboxylic acids is 1. The molecule has 3 nitrogen and oxygen atoms in total. The molecule has 0 aromatic heterocycles. The molecule has 1 saturated carbocycles. The van der Waals surface area contributed by atoms with E-state index in [1.165, 1.54) is 0 Å². The average Bonchev–Trinajstić information content (AvgIpc) is 1.78. The summed E-state index contributed by atoms with van der Waals surface area (Å²) in [5, 5.41) is 0. The second-order valence-corrected chi connectivity index (χ2v) is 2.53. The molecule has 0 radical (unpaired) electrons. The van der Waals surface area contributed by atoms with E-state index in [0.29, 0.717) is 25.0 Å². The lowest BCUT2D eigenvalue weighted by atomic mass is 9.82. The Bertz CT molecular complexity index is 104. The van der Waals surface area contributed by atoms with Crippen LogP contribution in [-0.4, -0.2) is 19.1 Å². The maximum absolute atomic E-state index is 9.68. The minimum Gasteiger partial charge on any atom is -0.468 e. The quantitative estimate of drug-likeness (QED) is 0.613. The van der Waals surface area contributed by atoms with E-state index < -0.39 is 0 Å². The minimum absolute atomic E-state index is 0. The molecule has 0 atom stereocenters. The van der Waals surface area contributed by atoms with Crippen LogP contribution in [0.25, 0.3) is 0 Å². The molecule has 0 spiro atoms. The van der Waals surface area contributed by atoms with Gasteiger partial charge in [0.25, 0.3) is 6.47 Å². The molecular weight excluding hydrogens is 154 g/mol. The lowest BCUT2D eigenvalue weighted by Gasteiger charge is -2.31. The van der Waals surface area contributed by atoms with Crippen LogP contribution < -0.4 is 5.73 Å². The second-order valence-electron chi connectivity index (χ2n) is 2.53. The van der Waals surface area contributed by atoms with E-state index in [9.17, 15) is 4.79 Å². The Kier molecular flexibility index (Phi) is 4.40. The van der Waals surface area contributed by atoms with Crippen molar-refractivity contribution in [1.82, 2.24) is 0 Å². The van der Waals surface area contributed by atoms with Gasteiger partial charge in [0.05, 0.1) is 6.61 Å². The topological polar surface area (TPSA) is 52.3 Å². The largest absolute Gasteiger partial charge is 0.468 e. The first kappa shape index (κ1) is 9.72. The molecule has 0 unspecified atom stereocenters. The van der Waals surface area contributed by atoms with Crippen molar-refractivity contribution in [3.63, 3.8) is 0 Å². The predicted molar refractivity (Wildman–Crippen MR) is 40.0 cm³/mol. The molecule has 0 bridgehead atoms. The Balaban J connectivity index is 0.000000810. The van der Waals surface area contributed by atoms with E-state index in [-0.39, 0.29) is 12.4 Å². The van der Waals surface area contributed by atoms with Gasteiger partial charge >= 0.3 is 0 Å². The Hall–Kier alpha value is -0.280. The fraction of sp³-hybridized carbons (Fsp3) is 0.833. The van der Waals surface area contributed by atoms with Gasteiger partial charge in [0.15, 0.2) is 0 Å². The molecule has 60 valence electrons. The molecule has 10 heavy (non-hydrogen) atoms. The molecule has 0 amide bonds. The SMILES string of the molecule is Cl.NC1CC(COC=O)C1. The van der Waals surface area contributed by atoms with Crippen molar-refractivity contribution in [1.29, 1.82) is 0 Å². The summed E-state index contributed by atoms with van der Waals surface area (Å²) < 4.78 is 4.55. The van der Waals surface area contributed by atoms with E-state index >= 15 is 0 Å². The highest BCUT2D eigenvalue weighted by molar-refractivity contribution is 5.85. The van der Waals surface area contributed by atoms with Gasteiger partial charge < -0.3 is 10.5 Å². The molecule has 1 aliphatic carbocycles. The van der Waals surface area contributed by atoms with E-state index in [2.05, 4.69) is 4.74 Å². The minimum atomic E-state index is 0. The predicted octanol–water partition coefficient (Wildman–Crippen LogP) is 0.319. The van der Waals surface area contributed by atoms with Crippen molar-refractivity contribution in [2.75, 3.05) is 6.61 Å². The van der Waals surface area contributed by atoms with Crippen LogP contribution in [0.4, 0.5) is 0 Å². The number of ether oxygens (including phenoxy) is 1. The van der Waals surface area contributed by atoms with Crippen molar-refractivity contribution in [2.45, 2.75) is 18.9 Å². The molecular formula is C6H12ClNO2. The fourth-order valence-electron chi connectivity index (χ4n) is 1.10. The number of carbonyl (C=O) groups is 1. The van der Waals surface area contributed by atoms with Crippen LogP contribution in [0.1, 0.15) is 12.8 Å². The fourth-order valence-corrected chi connectivity index (χ4v) is 1.10. The van der Waals surface area contributed by atoms with Gasteiger partial charge in [0.2, 0.25) is 0 Å². The molecule has 1 fully saturated rings. The second kappa shape index (κ2) is 4.52. The number of hydrogen-bond donors (Lipinski definition) is 1. The summed E-state index contributed by atoms with van der Waals surface area (Å²) in [6.45, 7) is 1.04. The Morgan fingerprint density at radius 3 is 2.60 bits per heavy atom. The average molecular weight is 166 g/mol. The van der Waals surface area contributed by atoms with Crippen molar-refractivity contribution in [2.24, 2.45) is 11.7 Å². The number of halogens is 1. The smallest absolute Gasteiger partial charge is 0.293 e. The molecule has 0 aromatic carbocycles. The van der Waals surface area contributed by atoms with Gasteiger partial charge in [0.1, 0.15) is 0 Å². The summed E-state index contributed by atoms with van der Waals surface area (Å²) in [6.07, 6.45) is 2.02. The van der Waals surface area contributed by atoms with Crippen LogP contribution in [0.2, 0.25) is 0 Å². The van der Waals surface area contributed by atoms with Crippen LogP contribution in [0.5, 0.6) is 0 Å². The van der Waals surface area contributed by atoms with Crippen molar-refractivity contribution in [3.05, 3.63) is 0 Å². The molecule has 1 aliphatic rings. The summed E-state index contributed by atoms with van der Waals surface area (Å²) in [7, 11) is 0. The van der Waals surface area contributed by atoms with Crippen LogP contribution in [0, 0.1) is 5.92 Å². The summed E-state index contributed by atoms with van der Waals surface area (Å²) in [6, 6.07) is 0.352. The van der Waals surface area contributed by atoms with Gasteiger partial charge in [0, 0.05) is 6.04 Å². The standard InChI is InChI=1S/C6H11NO2.ClH/c7-6-1-5(2-6)3-9-4-8;/h4-6H,1-3,7H2;1H. The number of hydrogen-bond acceptors (Lipinski definition) is 3. The zero-order valence-electron chi connectivity index (χ0n) is 5.66. The van der Waals surface area contributed by atoms with E-state index in [1.54, 1.807) is 0 Å². The molecule has 0 aromatic rings. The van der Waals surface area contributed by atoms with Gasteiger partial charge in [-0.25, -0.2) is 0 Å². The van der Waals surface area contributed by atoms with Crippen LogP contribution in [0.3, 0.4) is 0 Å². The van der Waals surface area contributed by atoms with Crippen LogP contribution >= 0.6 is 12.4 Å². The third-order valence-electron chi connectivity index (χ3n) is 1.67. The van der Waals surface area contributed by atoms with Gasteiger partial charge in [-0.05, 0) is 18.8 Å². The van der Waals surface area contributed by atoms with Crippen molar-refractivity contribution < 1.29 is 9.53 Å². The van der Waals surface area contributed by atoms with E-state index in [1.807, 2.05) is 0 Å². The summed E-state index contributed by atoms with van der Waals surface area (Å²) in [5.41, 5.74) is 5.50. The summed E-state index contributed by atoms with van der Waals surface area (Å²) in [5.74, 6) is 0.533. The lowest BCUT2D eigenvalue weighted by Crippen LogP contribution is -2.38. The Labute approximate surface area is 66.3 Å². The third kappa shape index (κ3) is 2.54. The van der Waals surface area contributed by atoms with Gasteiger partial charge in [-0.3, -0.25) is 4.79 Å².